The molecule has 92 valence electrons. The molecule has 0 bridgehead atoms. The molecule has 0 unspecified atom stereocenters. The second-order valence-corrected chi connectivity index (χ2v) is 4.43. The zero-order chi connectivity index (χ0) is 13.1. The number of hydrogen-bond acceptors (Lipinski definition) is 2. The molecule has 2 aromatic carbocycles. The van der Waals surface area contributed by atoms with Crippen LogP contribution in [0.4, 0.5) is 0 Å². The molecule has 0 aliphatic rings. The Kier molecular flexibility index (Phi) is 3.07. The standard InChI is InChI=1S/C17H14N2/c1-13-17(11-18-12-19-13)16-10-6-5-9-15(16)14-7-3-2-4-8-14/h2-12H,1H3. The highest BCUT2D eigenvalue weighted by molar-refractivity contribution is 5.83. The molecule has 0 saturated carbocycles. The third-order valence-corrected chi connectivity index (χ3v) is 3.21. The maximum atomic E-state index is 4.28. The van der Waals surface area contributed by atoms with Crippen LogP contribution >= 0.6 is 0 Å². The van der Waals surface area contributed by atoms with Gasteiger partial charge in [-0.1, -0.05) is 54.6 Å². The lowest BCUT2D eigenvalue weighted by molar-refractivity contribution is 1.11. The molecule has 0 saturated heterocycles. The summed E-state index contributed by atoms with van der Waals surface area (Å²) in [6.45, 7) is 2.01. The van der Waals surface area contributed by atoms with E-state index in [1.54, 1.807) is 6.33 Å². The number of hydrogen-bond donors (Lipinski definition) is 0. The first kappa shape index (κ1) is 11.6. The molecule has 2 nitrogen and oxygen atoms in total. The van der Waals surface area contributed by atoms with Gasteiger partial charge < -0.3 is 0 Å². The van der Waals surface area contributed by atoms with E-state index < -0.39 is 0 Å². The summed E-state index contributed by atoms with van der Waals surface area (Å²) >= 11 is 0. The fourth-order valence-corrected chi connectivity index (χ4v) is 2.24. The van der Waals surface area contributed by atoms with E-state index in [0.29, 0.717) is 0 Å². The van der Waals surface area contributed by atoms with Crippen LogP contribution < -0.4 is 0 Å². The summed E-state index contributed by atoms with van der Waals surface area (Å²) in [7, 11) is 0. The summed E-state index contributed by atoms with van der Waals surface area (Å²) in [5.74, 6) is 0. The van der Waals surface area contributed by atoms with Crippen molar-refractivity contribution in [3.63, 3.8) is 0 Å². The minimum atomic E-state index is 0.999. The Morgan fingerprint density at radius 1 is 0.737 bits per heavy atom. The van der Waals surface area contributed by atoms with E-state index in [1.807, 2.05) is 25.3 Å². The summed E-state index contributed by atoms with van der Waals surface area (Å²) in [5, 5.41) is 0. The van der Waals surface area contributed by atoms with Crippen LogP contribution in [0.15, 0.2) is 67.1 Å². The maximum absolute atomic E-state index is 4.28. The topological polar surface area (TPSA) is 25.8 Å². The second kappa shape index (κ2) is 5.02. The molecule has 1 aromatic heterocycles. The molecule has 0 amide bonds. The van der Waals surface area contributed by atoms with E-state index in [2.05, 4.69) is 52.4 Å². The largest absolute Gasteiger partial charge is 0.244 e. The fourth-order valence-electron chi connectivity index (χ4n) is 2.24. The first-order valence-electron chi connectivity index (χ1n) is 6.27. The Morgan fingerprint density at radius 2 is 1.42 bits per heavy atom. The van der Waals surface area contributed by atoms with Crippen LogP contribution in [0.3, 0.4) is 0 Å². The lowest BCUT2D eigenvalue weighted by Gasteiger charge is -2.11. The summed E-state index contributed by atoms with van der Waals surface area (Å²) in [6, 6.07) is 18.8. The molecule has 3 aromatic rings. The van der Waals surface area contributed by atoms with Crippen molar-refractivity contribution in [2.24, 2.45) is 0 Å². The van der Waals surface area contributed by atoms with Gasteiger partial charge in [-0.15, -0.1) is 0 Å². The van der Waals surface area contributed by atoms with Crippen molar-refractivity contribution in [1.82, 2.24) is 9.97 Å². The Hall–Kier alpha value is -2.48. The lowest BCUT2D eigenvalue weighted by Crippen LogP contribution is -1.91. The molecular weight excluding hydrogens is 232 g/mol. The highest BCUT2D eigenvalue weighted by Crippen LogP contribution is 2.32. The monoisotopic (exact) mass is 246 g/mol. The van der Waals surface area contributed by atoms with Crippen LogP contribution in [0.25, 0.3) is 22.3 Å². The Labute approximate surface area is 112 Å². The molecule has 0 radical (unpaired) electrons. The van der Waals surface area contributed by atoms with Crippen molar-refractivity contribution in [2.75, 3.05) is 0 Å². The van der Waals surface area contributed by atoms with Crippen molar-refractivity contribution in [3.05, 3.63) is 72.8 Å². The third-order valence-electron chi connectivity index (χ3n) is 3.21. The number of aromatic nitrogens is 2. The Bertz CT molecular complexity index is 690. The minimum absolute atomic E-state index is 0.999. The highest BCUT2D eigenvalue weighted by atomic mass is 14.8. The molecule has 0 aliphatic heterocycles. The van der Waals surface area contributed by atoms with E-state index in [9.17, 15) is 0 Å². The molecular formula is C17H14N2. The lowest BCUT2D eigenvalue weighted by atomic mass is 9.95. The van der Waals surface area contributed by atoms with E-state index in [-0.39, 0.29) is 0 Å². The number of rotatable bonds is 2. The molecule has 0 N–H and O–H groups in total. The van der Waals surface area contributed by atoms with Gasteiger partial charge in [0.25, 0.3) is 0 Å². The predicted octanol–water partition coefficient (Wildman–Crippen LogP) is 4.12. The maximum Gasteiger partial charge on any atom is 0.115 e. The third kappa shape index (κ3) is 2.25. The van der Waals surface area contributed by atoms with Gasteiger partial charge in [0.2, 0.25) is 0 Å². The van der Waals surface area contributed by atoms with Crippen LogP contribution in [0.5, 0.6) is 0 Å². The van der Waals surface area contributed by atoms with Gasteiger partial charge in [-0.2, -0.15) is 0 Å². The predicted molar refractivity (Wildman–Crippen MR) is 77.6 cm³/mol. The fraction of sp³-hybridized carbons (Fsp3) is 0.0588. The number of benzene rings is 2. The normalized spacial score (nSPS) is 10.4. The quantitative estimate of drug-likeness (QED) is 0.679. The number of nitrogens with zero attached hydrogens (tertiary/aromatic N) is 2. The van der Waals surface area contributed by atoms with Gasteiger partial charge in [0.1, 0.15) is 6.33 Å². The van der Waals surface area contributed by atoms with E-state index >= 15 is 0 Å². The van der Waals surface area contributed by atoms with Gasteiger partial charge >= 0.3 is 0 Å². The molecule has 3 rings (SSSR count). The van der Waals surface area contributed by atoms with E-state index in [4.69, 9.17) is 0 Å². The summed E-state index contributed by atoms with van der Waals surface area (Å²) < 4.78 is 0. The van der Waals surface area contributed by atoms with E-state index in [1.165, 1.54) is 16.7 Å². The van der Waals surface area contributed by atoms with Gasteiger partial charge in [0, 0.05) is 17.5 Å². The highest BCUT2D eigenvalue weighted by Gasteiger charge is 2.09. The van der Waals surface area contributed by atoms with Crippen molar-refractivity contribution in [2.45, 2.75) is 6.92 Å². The summed E-state index contributed by atoms with van der Waals surface area (Å²) in [5.41, 5.74) is 5.68. The number of aryl methyl sites for hydroxylation is 1. The molecule has 0 fully saturated rings. The van der Waals surface area contributed by atoms with Crippen LogP contribution in [0, 0.1) is 6.92 Å². The van der Waals surface area contributed by atoms with Crippen molar-refractivity contribution in [1.29, 1.82) is 0 Å². The molecule has 1 heterocycles. The van der Waals surface area contributed by atoms with Crippen LogP contribution in [-0.4, -0.2) is 9.97 Å². The summed E-state index contributed by atoms with van der Waals surface area (Å²) in [6.07, 6.45) is 3.47. The van der Waals surface area contributed by atoms with Crippen molar-refractivity contribution >= 4 is 0 Å². The first-order valence-corrected chi connectivity index (χ1v) is 6.27. The average Bonchev–Trinajstić information content (AvgIpc) is 2.49. The molecule has 0 spiro atoms. The van der Waals surface area contributed by atoms with E-state index in [0.717, 1.165) is 11.3 Å². The smallest absolute Gasteiger partial charge is 0.115 e. The zero-order valence-corrected chi connectivity index (χ0v) is 10.7. The first-order chi connectivity index (χ1) is 9.36. The Morgan fingerprint density at radius 3 is 2.16 bits per heavy atom. The van der Waals surface area contributed by atoms with Gasteiger partial charge in [0.15, 0.2) is 0 Å². The average molecular weight is 246 g/mol. The van der Waals surface area contributed by atoms with Gasteiger partial charge in [-0.25, -0.2) is 9.97 Å². The molecule has 19 heavy (non-hydrogen) atoms. The van der Waals surface area contributed by atoms with Crippen LogP contribution in [0.1, 0.15) is 5.69 Å². The Balaban J connectivity index is 2.21. The molecule has 0 aliphatic carbocycles. The zero-order valence-electron chi connectivity index (χ0n) is 10.7. The molecule has 2 heteroatoms. The molecule has 0 atom stereocenters. The van der Waals surface area contributed by atoms with Gasteiger partial charge in [-0.3, -0.25) is 0 Å². The van der Waals surface area contributed by atoms with Crippen LogP contribution in [-0.2, 0) is 0 Å². The van der Waals surface area contributed by atoms with Crippen molar-refractivity contribution < 1.29 is 0 Å². The van der Waals surface area contributed by atoms with Gasteiger partial charge in [-0.05, 0) is 23.6 Å². The van der Waals surface area contributed by atoms with Crippen LogP contribution in [0.2, 0.25) is 0 Å². The second-order valence-electron chi connectivity index (χ2n) is 4.43. The summed E-state index contributed by atoms with van der Waals surface area (Å²) in [4.78, 5) is 8.42. The van der Waals surface area contributed by atoms with Gasteiger partial charge in [0.05, 0.1) is 0 Å². The van der Waals surface area contributed by atoms with Crippen molar-refractivity contribution in [3.8, 4) is 22.3 Å². The SMILES string of the molecule is Cc1ncncc1-c1ccccc1-c1ccccc1. The minimum Gasteiger partial charge on any atom is -0.244 e.